The van der Waals surface area contributed by atoms with E-state index in [1.165, 1.54) is 4.90 Å². The lowest BCUT2D eigenvalue weighted by molar-refractivity contribution is -0.870. The maximum absolute atomic E-state index is 6.08. The molecule has 8 nitrogen and oxygen atoms in total. The zero-order chi connectivity index (χ0) is 37.4. The van der Waals surface area contributed by atoms with Gasteiger partial charge in [-0.15, -0.1) is 0 Å². The quantitative estimate of drug-likeness (QED) is 0.0879. The predicted octanol–water partition coefficient (Wildman–Crippen LogP) is 8.40. The molecule has 0 aliphatic carbocycles. The van der Waals surface area contributed by atoms with Crippen LogP contribution in [-0.2, 0) is 0 Å². The van der Waals surface area contributed by atoms with E-state index in [0.29, 0.717) is 13.2 Å². The molecule has 0 radical (unpaired) electrons. The van der Waals surface area contributed by atoms with Crippen molar-refractivity contribution in [1.29, 1.82) is 0 Å². The summed E-state index contributed by atoms with van der Waals surface area (Å²) in [5, 5.41) is 0. The Bertz CT molecular complexity index is 2220. The summed E-state index contributed by atoms with van der Waals surface area (Å²) in [6.07, 6.45) is 10.3. The molecule has 8 heteroatoms. The Balaban J connectivity index is 0.00000236. The third-order valence-corrected chi connectivity index (χ3v) is 9.02. The molecule has 0 fully saturated rings. The van der Waals surface area contributed by atoms with E-state index >= 15 is 0 Å². The average molecular weight is 711 g/mol. The van der Waals surface area contributed by atoms with Gasteiger partial charge in [-0.1, -0.05) is 38.1 Å². The zero-order valence-electron chi connectivity index (χ0n) is 32.3. The van der Waals surface area contributed by atoms with Crippen LogP contribution in [0.5, 0.6) is 11.5 Å². The molecule has 0 amide bonds. The number of quaternary nitrogens is 2. The summed E-state index contributed by atoms with van der Waals surface area (Å²) < 4.78 is 13.0. The lowest BCUT2D eigenvalue weighted by Crippen LogP contribution is -3.05. The van der Waals surface area contributed by atoms with Crippen molar-refractivity contribution in [1.82, 2.24) is 19.9 Å². The highest BCUT2D eigenvalue weighted by Gasteiger charge is 2.14. The van der Waals surface area contributed by atoms with Crippen molar-refractivity contribution in [3.8, 4) is 33.8 Å². The van der Waals surface area contributed by atoms with Gasteiger partial charge in [-0.25, -0.2) is 9.97 Å². The topological polar surface area (TPSA) is 80.3 Å². The van der Waals surface area contributed by atoms with Crippen LogP contribution < -0.4 is 14.4 Å². The number of aromatic nitrogens is 4. The standard InChI is InChI=1S/C43H47N6O2.C2H6/c1-48(2)24-6-26-50-36-16-8-30(9-17-36)42-38-20-12-32(44-38)28-34-14-22-40(46-34)43(41-23-15-35(47-41)29-33-13-21-39(42)45-33)31-10-18-37(19-11-31)51-27-7-25-49(3,4)5;1-2/h8-23,28-29,44,47H,6-7,24-27H2,1-5H3;1-2H3/q+1;/p+1. The molecular weight excluding hydrogens is 657 g/mol. The van der Waals surface area contributed by atoms with Crippen molar-refractivity contribution >= 4 is 46.4 Å². The Morgan fingerprint density at radius 3 is 1.47 bits per heavy atom. The number of hydrogen-bond acceptors (Lipinski definition) is 4. The summed E-state index contributed by atoms with van der Waals surface area (Å²) in [6.45, 7) is 7.55. The number of benzene rings is 2. The first-order valence-corrected chi connectivity index (χ1v) is 18.8. The number of rotatable bonds is 12. The number of hydrogen-bond donors (Lipinski definition) is 3. The van der Waals surface area contributed by atoms with Crippen LogP contribution in [0.2, 0.25) is 0 Å². The summed E-state index contributed by atoms with van der Waals surface area (Å²) in [5.41, 5.74) is 11.7. The Kier molecular flexibility index (Phi) is 11.9. The van der Waals surface area contributed by atoms with Gasteiger partial charge in [0.15, 0.2) is 0 Å². The first kappa shape index (κ1) is 37.3. The molecule has 53 heavy (non-hydrogen) atoms. The first-order valence-electron chi connectivity index (χ1n) is 18.8. The highest BCUT2D eigenvalue weighted by Crippen LogP contribution is 2.33. The van der Waals surface area contributed by atoms with Crippen LogP contribution in [0.1, 0.15) is 49.5 Å². The number of ether oxygens (including phenoxy) is 2. The Hall–Kier alpha value is -5.44. The maximum Gasteiger partial charge on any atom is 0.119 e. The summed E-state index contributed by atoms with van der Waals surface area (Å²) >= 11 is 0. The average Bonchev–Trinajstić information content (AvgIpc) is 3.98. The molecule has 274 valence electrons. The Morgan fingerprint density at radius 2 is 1.04 bits per heavy atom. The number of H-pyrrole nitrogens is 2. The molecule has 2 aromatic carbocycles. The second-order valence-electron chi connectivity index (χ2n) is 14.6. The maximum atomic E-state index is 6.08. The molecule has 0 saturated heterocycles. The minimum Gasteiger partial charge on any atom is -0.493 e. The molecule has 7 rings (SSSR count). The van der Waals surface area contributed by atoms with Gasteiger partial charge < -0.3 is 28.8 Å². The third-order valence-electron chi connectivity index (χ3n) is 9.02. The molecule has 2 aliphatic heterocycles. The van der Waals surface area contributed by atoms with Gasteiger partial charge in [-0.2, -0.15) is 0 Å². The van der Waals surface area contributed by atoms with E-state index in [0.717, 1.165) is 109 Å². The van der Waals surface area contributed by atoms with Crippen molar-refractivity contribution in [3.63, 3.8) is 0 Å². The van der Waals surface area contributed by atoms with Gasteiger partial charge in [-0.3, -0.25) is 0 Å². The van der Waals surface area contributed by atoms with Crippen molar-refractivity contribution in [3.05, 3.63) is 108 Å². The zero-order valence-corrected chi connectivity index (χ0v) is 32.3. The van der Waals surface area contributed by atoms with Crippen LogP contribution in [0.15, 0.2) is 84.9 Å². The number of nitrogens with zero attached hydrogens (tertiary/aromatic N) is 3. The molecule has 0 saturated carbocycles. The predicted molar refractivity (Wildman–Crippen MR) is 222 cm³/mol. The molecule has 2 aliphatic rings. The van der Waals surface area contributed by atoms with Gasteiger partial charge in [0.05, 0.1) is 84.3 Å². The molecule has 8 bridgehead atoms. The van der Waals surface area contributed by atoms with Gasteiger partial charge in [0.25, 0.3) is 0 Å². The molecule has 0 spiro atoms. The Labute approximate surface area is 314 Å². The van der Waals surface area contributed by atoms with Crippen LogP contribution in [0, 0.1) is 0 Å². The fourth-order valence-electron chi connectivity index (χ4n) is 6.46. The van der Waals surface area contributed by atoms with Gasteiger partial charge in [0.1, 0.15) is 11.5 Å². The van der Waals surface area contributed by atoms with Crippen molar-refractivity contribution in [2.75, 3.05) is 61.5 Å². The highest BCUT2D eigenvalue weighted by molar-refractivity contribution is 5.93. The van der Waals surface area contributed by atoms with Crippen molar-refractivity contribution in [2.24, 2.45) is 0 Å². The van der Waals surface area contributed by atoms with Gasteiger partial charge in [-0.05, 0) is 96.1 Å². The van der Waals surface area contributed by atoms with Crippen LogP contribution in [-0.4, -0.2) is 86.0 Å². The number of aromatic amines is 2. The second kappa shape index (κ2) is 16.9. The monoisotopic (exact) mass is 710 g/mol. The largest absolute Gasteiger partial charge is 0.493 e. The molecule has 0 unspecified atom stereocenters. The van der Waals surface area contributed by atoms with Crippen molar-refractivity contribution in [2.45, 2.75) is 26.7 Å². The van der Waals surface area contributed by atoms with E-state index in [4.69, 9.17) is 19.4 Å². The third kappa shape index (κ3) is 9.71. The SMILES string of the molecule is CC.C[NH+](C)CCCOc1ccc(-c2c3nc(cc4ccc([nH]4)c(-c4ccc(OCCC[N+](C)(C)C)cc4)c4nc(cc5ccc2[nH]5)C=C4)C=C3)cc1. The smallest absolute Gasteiger partial charge is 0.119 e. The minimum absolute atomic E-state index is 0.696. The van der Waals surface area contributed by atoms with Gasteiger partial charge in [0, 0.05) is 46.0 Å². The Morgan fingerprint density at radius 1 is 0.585 bits per heavy atom. The van der Waals surface area contributed by atoms with Gasteiger partial charge in [0.2, 0.25) is 0 Å². The molecule has 5 aromatic rings. The molecular formula is C45H54N6O2+2. The summed E-state index contributed by atoms with van der Waals surface area (Å²) in [5.74, 6) is 1.75. The summed E-state index contributed by atoms with van der Waals surface area (Å²) in [4.78, 5) is 18.9. The van der Waals surface area contributed by atoms with Crippen LogP contribution >= 0.6 is 0 Å². The molecule has 3 aromatic heterocycles. The number of fused-ring (bicyclic) bond motifs is 8. The van der Waals surface area contributed by atoms with E-state index in [1.807, 2.05) is 26.0 Å². The lowest BCUT2D eigenvalue weighted by atomic mass is 10.0. The fourth-order valence-corrected chi connectivity index (χ4v) is 6.46. The molecule has 5 heterocycles. The number of nitrogens with one attached hydrogen (secondary N) is 3. The van der Waals surface area contributed by atoms with E-state index in [1.54, 1.807) is 0 Å². The molecule has 3 N–H and O–H groups in total. The van der Waals surface area contributed by atoms with E-state index in [2.05, 4.69) is 142 Å². The normalized spacial score (nSPS) is 12.2. The van der Waals surface area contributed by atoms with Gasteiger partial charge >= 0.3 is 0 Å². The summed E-state index contributed by atoms with van der Waals surface area (Å²) in [7, 11) is 10.9. The van der Waals surface area contributed by atoms with E-state index < -0.39 is 0 Å². The fraction of sp³-hybridized carbons (Fsp3) is 0.289. The van der Waals surface area contributed by atoms with Crippen LogP contribution in [0.3, 0.4) is 0 Å². The highest BCUT2D eigenvalue weighted by atomic mass is 16.5. The summed E-state index contributed by atoms with van der Waals surface area (Å²) in [6, 6.07) is 29.3. The second-order valence-corrected chi connectivity index (χ2v) is 14.6. The van der Waals surface area contributed by atoms with Crippen LogP contribution in [0.4, 0.5) is 0 Å². The minimum atomic E-state index is 0.696. The lowest BCUT2D eigenvalue weighted by Gasteiger charge is -2.23. The van der Waals surface area contributed by atoms with E-state index in [9.17, 15) is 0 Å². The van der Waals surface area contributed by atoms with Crippen LogP contribution in [0.25, 0.3) is 68.6 Å². The molecule has 0 atom stereocenters. The van der Waals surface area contributed by atoms with E-state index in [-0.39, 0.29) is 0 Å². The first-order chi connectivity index (χ1) is 25.7. The van der Waals surface area contributed by atoms with Crippen molar-refractivity contribution < 1.29 is 18.9 Å².